The highest BCUT2D eigenvalue weighted by molar-refractivity contribution is 6.30. The molecule has 2 rings (SSSR count). The van der Waals surface area contributed by atoms with Gasteiger partial charge in [0, 0.05) is 31.8 Å². The average Bonchev–Trinajstić information content (AvgIpc) is 2.53. The molecule has 0 spiro atoms. The van der Waals surface area contributed by atoms with E-state index < -0.39 is 0 Å². The predicted molar refractivity (Wildman–Crippen MR) is 102 cm³/mol. The molecule has 1 saturated carbocycles. The van der Waals surface area contributed by atoms with Crippen molar-refractivity contribution in [3.05, 3.63) is 34.9 Å². The van der Waals surface area contributed by atoms with E-state index in [9.17, 15) is 4.79 Å². The minimum atomic E-state index is -0.120. The average molecular weight is 368 g/mol. The summed E-state index contributed by atoms with van der Waals surface area (Å²) in [5.41, 5.74) is 1.26. The third kappa shape index (κ3) is 6.17. The second kappa shape index (κ2) is 9.41. The van der Waals surface area contributed by atoms with E-state index in [-0.39, 0.29) is 17.5 Å². The fraction of sp³-hybridized carbons (Fsp3) is 0.632. The van der Waals surface area contributed by atoms with Gasteiger partial charge in [0.25, 0.3) is 0 Å². The van der Waals surface area contributed by atoms with Crippen LogP contribution in [0.2, 0.25) is 5.02 Å². The summed E-state index contributed by atoms with van der Waals surface area (Å²) in [7, 11) is 5.72. The number of likely N-dealkylation sites (N-methyl/N-ethyl adjacent to an activating group) is 1. The number of nitrogens with one attached hydrogen (secondary N) is 2. The van der Waals surface area contributed by atoms with Crippen LogP contribution in [0, 0.1) is 5.41 Å². The number of methoxy groups -OCH3 is 1. The van der Waals surface area contributed by atoms with Crippen molar-refractivity contribution in [1.29, 1.82) is 0 Å². The fourth-order valence-corrected chi connectivity index (χ4v) is 3.41. The summed E-state index contributed by atoms with van der Waals surface area (Å²) in [4.78, 5) is 14.5. The summed E-state index contributed by atoms with van der Waals surface area (Å²) in [6, 6.07) is 7.43. The molecule has 140 valence electrons. The minimum Gasteiger partial charge on any atom is -0.385 e. The lowest BCUT2D eigenvalue weighted by Crippen LogP contribution is -2.47. The number of amides is 2. The number of hydrogen-bond acceptors (Lipinski definition) is 3. The molecule has 1 aliphatic rings. The van der Waals surface area contributed by atoms with Gasteiger partial charge in [0.2, 0.25) is 0 Å². The Morgan fingerprint density at radius 3 is 2.52 bits per heavy atom. The Hall–Kier alpha value is -1.30. The highest BCUT2D eigenvalue weighted by Gasteiger charge is 2.36. The second-order valence-electron chi connectivity index (χ2n) is 7.29. The number of urea groups is 1. The van der Waals surface area contributed by atoms with Crippen molar-refractivity contribution in [3.63, 3.8) is 0 Å². The quantitative estimate of drug-likeness (QED) is 0.702. The van der Waals surface area contributed by atoms with Gasteiger partial charge in [0.05, 0.1) is 6.04 Å². The van der Waals surface area contributed by atoms with E-state index in [1.165, 1.54) is 6.42 Å². The summed E-state index contributed by atoms with van der Waals surface area (Å²) in [5, 5.41) is 6.86. The zero-order valence-corrected chi connectivity index (χ0v) is 16.2. The molecule has 1 aliphatic carbocycles. The van der Waals surface area contributed by atoms with Gasteiger partial charge in [-0.3, -0.25) is 0 Å². The van der Waals surface area contributed by atoms with Crippen LogP contribution in [-0.2, 0) is 4.74 Å². The van der Waals surface area contributed by atoms with E-state index in [1.807, 2.05) is 38.4 Å². The Morgan fingerprint density at radius 1 is 1.32 bits per heavy atom. The van der Waals surface area contributed by atoms with E-state index in [1.54, 1.807) is 7.11 Å². The molecular formula is C19H30ClN3O2. The van der Waals surface area contributed by atoms with Crippen molar-refractivity contribution in [1.82, 2.24) is 15.5 Å². The monoisotopic (exact) mass is 367 g/mol. The zero-order chi connectivity index (χ0) is 18.3. The van der Waals surface area contributed by atoms with Crippen LogP contribution in [-0.4, -0.2) is 51.8 Å². The Labute approximate surface area is 156 Å². The van der Waals surface area contributed by atoms with Gasteiger partial charge in [0.15, 0.2) is 0 Å². The van der Waals surface area contributed by atoms with Gasteiger partial charge in [-0.1, -0.05) is 30.2 Å². The second-order valence-corrected chi connectivity index (χ2v) is 7.73. The Balaban J connectivity index is 1.91. The molecule has 1 aromatic rings. The first-order valence-corrected chi connectivity index (χ1v) is 9.25. The highest BCUT2D eigenvalue weighted by atomic mass is 35.5. The first kappa shape index (κ1) is 20.0. The zero-order valence-electron chi connectivity index (χ0n) is 15.5. The first-order valence-electron chi connectivity index (χ1n) is 8.88. The molecule has 1 fully saturated rings. The maximum absolute atomic E-state index is 12.4. The van der Waals surface area contributed by atoms with Crippen LogP contribution < -0.4 is 10.6 Å². The number of rotatable bonds is 9. The molecule has 0 saturated heterocycles. The molecule has 1 unspecified atom stereocenters. The summed E-state index contributed by atoms with van der Waals surface area (Å²) < 4.78 is 5.21. The molecule has 25 heavy (non-hydrogen) atoms. The Kier molecular flexibility index (Phi) is 7.54. The van der Waals surface area contributed by atoms with Crippen molar-refractivity contribution < 1.29 is 9.53 Å². The molecule has 0 radical (unpaired) electrons. The van der Waals surface area contributed by atoms with Gasteiger partial charge in [0.1, 0.15) is 0 Å². The number of carbonyl (C=O) groups excluding carboxylic acids is 1. The van der Waals surface area contributed by atoms with Crippen LogP contribution in [0.25, 0.3) is 0 Å². The number of carbonyl (C=O) groups is 1. The molecular weight excluding hydrogens is 338 g/mol. The van der Waals surface area contributed by atoms with Crippen molar-refractivity contribution in [2.24, 2.45) is 5.41 Å². The van der Waals surface area contributed by atoms with Gasteiger partial charge in [-0.05, 0) is 56.5 Å². The molecule has 5 nitrogen and oxygen atoms in total. The maximum Gasteiger partial charge on any atom is 0.315 e. The van der Waals surface area contributed by atoms with Crippen molar-refractivity contribution in [2.75, 3.05) is 40.9 Å². The van der Waals surface area contributed by atoms with E-state index >= 15 is 0 Å². The third-order valence-corrected chi connectivity index (χ3v) is 5.25. The number of ether oxygens (including phenoxy) is 1. The predicted octanol–water partition coefficient (Wildman–Crippen LogP) is 3.45. The molecule has 0 heterocycles. The fourth-order valence-electron chi connectivity index (χ4n) is 3.28. The topological polar surface area (TPSA) is 53.6 Å². The molecule has 1 atom stereocenters. The van der Waals surface area contributed by atoms with E-state index in [4.69, 9.17) is 16.3 Å². The lowest BCUT2D eigenvalue weighted by Gasteiger charge is -2.42. The van der Waals surface area contributed by atoms with Crippen LogP contribution in [0.1, 0.15) is 37.3 Å². The van der Waals surface area contributed by atoms with E-state index in [0.29, 0.717) is 11.6 Å². The summed E-state index contributed by atoms with van der Waals surface area (Å²) in [5.74, 6) is 0. The molecule has 0 aromatic heterocycles. The summed E-state index contributed by atoms with van der Waals surface area (Å²) in [6.45, 7) is 2.18. The van der Waals surface area contributed by atoms with Crippen LogP contribution in [0.3, 0.4) is 0 Å². The molecule has 1 aromatic carbocycles. The number of hydrogen-bond donors (Lipinski definition) is 2. The van der Waals surface area contributed by atoms with Gasteiger partial charge in [-0.2, -0.15) is 0 Å². The molecule has 2 N–H and O–H groups in total. The van der Waals surface area contributed by atoms with E-state index in [0.717, 1.165) is 38.0 Å². The van der Waals surface area contributed by atoms with Crippen molar-refractivity contribution in [2.45, 2.75) is 31.7 Å². The normalized spacial score (nSPS) is 17.0. The van der Waals surface area contributed by atoms with Crippen LogP contribution in [0.5, 0.6) is 0 Å². The lowest BCUT2D eigenvalue weighted by molar-refractivity contribution is 0.0710. The van der Waals surface area contributed by atoms with Gasteiger partial charge in [-0.25, -0.2) is 4.79 Å². The van der Waals surface area contributed by atoms with Crippen LogP contribution in [0.15, 0.2) is 24.3 Å². The largest absolute Gasteiger partial charge is 0.385 e. The third-order valence-electron chi connectivity index (χ3n) is 5.00. The first-order chi connectivity index (χ1) is 11.9. The Bertz CT molecular complexity index is 544. The SMILES string of the molecule is COCCC1(CNC(=O)NC(CN(C)C)c2ccc(Cl)cc2)CCC1. The molecule has 0 aliphatic heterocycles. The summed E-state index contributed by atoms with van der Waals surface area (Å²) in [6.07, 6.45) is 4.56. The van der Waals surface area contributed by atoms with Crippen LogP contribution >= 0.6 is 11.6 Å². The van der Waals surface area contributed by atoms with Crippen molar-refractivity contribution in [3.8, 4) is 0 Å². The molecule has 2 amide bonds. The number of nitrogens with zero attached hydrogens (tertiary/aromatic N) is 1. The standard InChI is InChI=1S/C19H30ClN3O2/c1-23(2)13-17(15-5-7-16(20)8-6-15)22-18(24)21-14-19(9-4-10-19)11-12-25-3/h5-8,17H,4,9-14H2,1-3H3,(H2,21,22,24). The Morgan fingerprint density at radius 2 is 2.00 bits per heavy atom. The van der Waals surface area contributed by atoms with Crippen molar-refractivity contribution >= 4 is 17.6 Å². The molecule has 6 heteroatoms. The smallest absolute Gasteiger partial charge is 0.315 e. The molecule has 0 bridgehead atoms. The number of halogens is 1. The maximum atomic E-state index is 12.4. The minimum absolute atomic E-state index is 0.0800. The lowest BCUT2D eigenvalue weighted by atomic mass is 9.67. The van der Waals surface area contributed by atoms with E-state index in [2.05, 4.69) is 15.5 Å². The highest BCUT2D eigenvalue weighted by Crippen LogP contribution is 2.43. The van der Waals surface area contributed by atoms with Gasteiger partial charge < -0.3 is 20.3 Å². The van der Waals surface area contributed by atoms with Crippen LogP contribution in [0.4, 0.5) is 4.79 Å². The van der Waals surface area contributed by atoms with Gasteiger partial charge in [-0.15, -0.1) is 0 Å². The number of benzene rings is 1. The van der Waals surface area contributed by atoms with Gasteiger partial charge >= 0.3 is 6.03 Å². The summed E-state index contributed by atoms with van der Waals surface area (Å²) >= 11 is 5.97.